The minimum Gasteiger partial charge on any atom is -0.480 e. The maximum atomic E-state index is 14.3. The number of aryl methyl sites for hydroxylation is 1. The molecule has 0 radical (unpaired) electrons. The quantitative estimate of drug-likeness (QED) is 0.590. The highest BCUT2D eigenvalue weighted by atomic mass is 35.5. The predicted octanol–water partition coefficient (Wildman–Crippen LogP) is 3.03. The van der Waals surface area contributed by atoms with E-state index in [1.165, 1.54) is 6.92 Å². The van der Waals surface area contributed by atoms with Crippen LogP contribution in [0.3, 0.4) is 0 Å². The van der Waals surface area contributed by atoms with Gasteiger partial charge in [0.1, 0.15) is 22.9 Å². The predicted molar refractivity (Wildman–Crippen MR) is 107 cm³/mol. The first-order valence-corrected chi connectivity index (χ1v) is 9.70. The number of carbonyl (C=O) groups excluding carboxylic acids is 1. The van der Waals surface area contributed by atoms with Crippen molar-refractivity contribution in [3.05, 3.63) is 44.8 Å². The average Bonchev–Trinajstić information content (AvgIpc) is 3.30. The molecule has 0 bridgehead atoms. The molecule has 1 aliphatic heterocycles. The van der Waals surface area contributed by atoms with E-state index >= 15 is 0 Å². The van der Waals surface area contributed by atoms with E-state index in [4.69, 9.17) is 23.2 Å². The lowest BCUT2D eigenvalue weighted by molar-refractivity contribution is -0.140. The van der Waals surface area contributed by atoms with Crippen LogP contribution >= 0.6 is 23.2 Å². The third kappa shape index (κ3) is 5.46. The molecule has 0 saturated heterocycles. The molecule has 1 atom stereocenters. The van der Waals surface area contributed by atoms with Crippen molar-refractivity contribution in [2.75, 3.05) is 6.54 Å². The number of carboxylic acid groups (broad SMARTS) is 1. The Kier molecular flexibility index (Phi) is 8.02. The molecular weight excluding hydrogens is 480 g/mol. The van der Waals surface area contributed by atoms with Crippen LogP contribution in [-0.4, -0.2) is 42.7 Å². The number of aromatic nitrogens is 3. The van der Waals surface area contributed by atoms with Crippen LogP contribution < -0.4 is 11.1 Å². The highest BCUT2D eigenvalue weighted by Crippen LogP contribution is 2.31. The van der Waals surface area contributed by atoms with Gasteiger partial charge in [0.05, 0.1) is 0 Å². The average molecular weight is 497 g/mol. The molecule has 1 aromatic carbocycles. The number of halogens is 5. The second-order valence-electron chi connectivity index (χ2n) is 6.51. The zero-order chi connectivity index (χ0) is 24.2. The monoisotopic (exact) mass is 496 g/mol. The van der Waals surface area contributed by atoms with Crippen LogP contribution in [0.25, 0.3) is 5.69 Å². The fourth-order valence-electron chi connectivity index (χ4n) is 2.62. The zero-order valence-electron chi connectivity index (χ0n) is 16.7. The third-order valence-corrected chi connectivity index (χ3v) is 5.31. The van der Waals surface area contributed by atoms with E-state index in [0.29, 0.717) is 4.68 Å². The highest BCUT2D eigenvalue weighted by molar-refractivity contribution is 6.34. The molecule has 0 aliphatic carbocycles. The van der Waals surface area contributed by atoms with Gasteiger partial charge in [-0.2, -0.15) is 13.5 Å². The number of alkyl halides is 3. The Balaban J connectivity index is 0.000000520. The molecule has 15 heteroatoms. The first-order valence-electron chi connectivity index (χ1n) is 8.94. The van der Waals surface area contributed by atoms with Crippen molar-refractivity contribution < 1.29 is 27.9 Å². The Morgan fingerprint density at radius 2 is 2.03 bits per heavy atom. The van der Waals surface area contributed by atoms with Crippen molar-refractivity contribution in [1.29, 1.82) is 0 Å². The van der Waals surface area contributed by atoms with E-state index in [9.17, 15) is 32.7 Å². The summed E-state index contributed by atoms with van der Waals surface area (Å²) in [5.74, 6) is -2.79. The summed E-state index contributed by atoms with van der Waals surface area (Å²) in [6.45, 7) is -0.157. The molecule has 2 heterocycles. The fourth-order valence-corrected chi connectivity index (χ4v) is 2.98. The number of aliphatic carboxylic acids is 1. The first-order chi connectivity index (χ1) is 14.9. The molecule has 1 amide bonds. The first kappa shape index (κ1) is 25.3. The van der Waals surface area contributed by atoms with Gasteiger partial charge in [-0.1, -0.05) is 28.9 Å². The molecule has 0 spiro atoms. The fraction of sp³-hybridized carbons (Fsp3) is 0.412. The minimum absolute atomic E-state index is 0.0476. The SMILES string of the molecule is CCC(Cl)(Cc1cc(-n2nc(C)n(C(F)F)c2=O)c(F)cc1Cl)C(=O)O.O=C1CNN=N1. The lowest BCUT2D eigenvalue weighted by Crippen LogP contribution is -2.34. The van der Waals surface area contributed by atoms with Crippen LogP contribution in [0, 0.1) is 12.7 Å². The molecule has 1 aliphatic rings. The Bertz CT molecular complexity index is 1120. The number of amides is 1. The number of benzene rings is 1. The number of carbonyl (C=O) groups is 2. The van der Waals surface area contributed by atoms with Gasteiger partial charge in [0, 0.05) is 11.4 Å². The highest BCUT2D eigenvalue weighted by Gasteiger charge is 2.35. The molecule has 2 N–H and O–H groups in total. The summed E-state index contributed by atoms with van der Waals surface area (Å²) >= 11 is 12.0. The van der Waals surface area contributed by atoms with Crippen LogP contribution in [0.5, 0.6) is 0 Å². The summed E-state index contributed by atoms with van der Waals surface area (Å²) in [7, 11) is 0. The topological polar surface area (TPSA) is 131 Å². The summed E-state index contributed by atoms with van der Waals surface area (Å²) in [4.78, 5) is 31.7. The summed E-state index contributed by atoms with van der Waals surface area (Å²) < 4.78 is 40.7. The summed E-state index contributed by atoms with van der Waals surface area (Å²) in [6, 6.07) is 1.93. The molecule has 174 valence electrons. The van der Waals surface area contributed by atoms with E-state index in [-0.39, 0.29) is 46.3 Å². The summed E-state index contributed by atoms with van der Waals surface area (Å²) in [5, 5.41) is 19.1. The van der Waals surface area contributed by atoms with Gasteiger partial charge in [0.15, 0.2) is 5.82 Å². The van der Waals surface area contributed by atoms with Gasteiger partial charge in [-0.15, -0.1) is 16.7 Å². The molecule has 0 saturated carbocycles. The van der Waals surface area contributed by atoms with Crippen LogP contribution in [0.15, 0.2) is 27.3 Å². The molecule has 10 nitrogen and oxygen atoms in total. The van der Waals surface area contributed by atoms with E-state index in [0.717, 1.165) is 12.1 Å². The van der Waals surface area contributed by atoms with Crippen molar-refractivity contribution in [3.8, 4) is 5.69 Å². The Labute approximate surface area is 188 Å². The van der Waals surface area contributed by atoms with Crippen LogP contribution in [0.1, 0.15) is 31.3 Å². The number of carboxylic acids is 1. The van der Waals surface area contributed by atoms with Crippen molar-refractivity contribution in [3.63, 3.8) is 0 Å². The third-order valence-electron chi connectivity index (χ3n) is 4.40. The molecular formula is C17H17Cl2F3N6O4. The minimum atomic E-state index is -3.14. The lowest BCUT2D eigenvalue weighted by atomic mass is 9.95. The van der Waals surface area contributed by atoms with Gasteiger partial charge >= 0.3 is 18.2 Å². The van der Waals surface area contributed by atoms with Crippen LogP contribution in [0.4, 0.5) is 13.2 Å². The molecule has 3 rings (SSSR count). The largest absolute Gasteiger partial charge is 0.480 e. The Morgan fingerprint density at radius 3 is 2.44 bits per heavy atom. The van der Waals surface area contributed by atoms with E-state index in [1.807, 2.05) is 0 Å². The second-order valence-corrected chi connectivity index (χ2v) is 7.64. The number of hydrogen-bond donors (Lipinski definition) is 2. The Morgan fingerprint density at radius 1 is 1.38 bits per heavy atom. The molecule has 1 unspecified atom stereocenters. The molecule has 0 fully saturated rings. The maximum absolute atomic E-state index is 14.3. The van der Waals surface area contributed by atoms with Crippen molar-refractivity contribution in [1.82, 2.24) is 19.8 Å². The van der Waals surface area contributed by atoms with Gasteiger partial charge in [-0.25, -0.2) is 13.8 Å². The summed E-state index contributed by atoms with van der Waals surface area (Å²) in [5.41, 5.74) is 0.845. The Hall–Kier alpha value is -2.93. The molecule has 32 heavy (non-hydrogen) atoms. The van der Waals surface area contributed by atoms with Crippen LogP contribution in [0.2, 0.25) is 5.02 Å². The number of hydrogen-bond acceptors (Lipinski definition) is 6. The standard InChI is InChI=1S/C15H14Cl2F3N3O3.C2H3N3O/c1-3-15(17,12(24)25)6-8-4-11(10(18)5-9(8)16)23-14(26)22(13(19)20)7(2)21-23;6-2-1-3-5-4-2/h4-5,13H,3,6H2,1-2H3,(H,24,25);1H2,(H,3,4,6). The lowest BCUT2D eigenvalue weighted by Gasteiger charge is -2.21. The van der Waals surface area contributed by atoms with Gasteiger partial charge < -0.3 is 5.11 Å². The van der Waals surface area contributed by atoms with Gasteiger partial charge in [-0.3, -0.25) is 15.0 Å². The van der Waals surface area contributed by atoms with Crippen LogP contribution in [-0.2, 0) is 16.0 Å². The normalized spacial score (nSPS) is 14.7. The van der Waals surface area contributed by atoms with Crippen molar-refractivity contribution >= 4 is 35.1 Å². The second kappa shape index (κ2) is 10.1. The van der Waals surface area contributed by atoms with Gasteiger partial charge in [0.25, 0.3) is 5.91 Å². The van der Waals surface area contributed by atoms with E-state index < -0.39 is 34.6 Å². The maximum Gasteiger partial charge on any atom is 0.355 e. The van der Waals surface area contributed by atoms with Crippen molar-refractivity contribution in [2.24, 2.45) is 10.3 Å². The zero-order valence-corrected chi connectivity index (χ0v) is 18.2. The van der Waals surface area contributed by atoms with E-state index in [2.05, 4.69) is 20.9 Å². The van der Waals surface area contributed by atoms with E-state index in [1.54, 1.807) is 6.92 Å². The summed E-state index contributed by atoms with van der Waals surface area (Å²) in [6.07, 6.45) is -0.220. The number of nitrogens with zero attached hydrogens (tertiary/aromatic N) is 5. The van der Waals surface area contributed by atoms with Gasteiger partial charge in [-0.05, 0) is 31.0 Å². The number of nitrogens with one attached hydrogen (secondary N) is 1. The smallest absolute Gasteiger partial charge is 0.355 e. The van der Waals surface area contributed by atoms with Crippen molar-refractivity contribution in [2.45, 2.75) is 38.1 Å². The molecule has 2 aromatic rings. The molecule has 1 aromatic heterocycles. The van der Waals surface area contributed by atoms with Gasteiger partial charge in [0.2, 0.25) is 0 Å². The number of rotatable bonds is 6.